The smallest absolute Gasteiger partial charge is 0.235 e. The zero-order valence-electron chi connectivity index (χ0n) is 20.5. The van der Waals surface area contributed by atoms with Gasteiger partial charge in [-0.05, 0) is 51.4 Å². The van der Waals surface area contributed by atoms with Crippen LogP contribution < -0.4 is 5.32 Å². The average molecular weight is 588 g/mol. The topological polar surface area (TPSA) is 94.2 Å². The summed E-state index contributed by atoms with van der Waals surface area (Å²) in [7, 11) is 0.972. The number of sulfonamides is 1. The van der Waals surface area contributed by atoms with E-state index in [2.05, 4.69) is 21.2 Å². The second-order valence-corrected chi connectivity index (χ2v) is 13.8. The predicted octanol–water partition coefficient (Wildman–Crippen LogP) is 3.20. The second-order valence-electron chi connectivity index (χ2n) is 9.80. The molecule has 3 rings (SSSR count). The number of ether oxygens (including phenoxy) is 3. The van der Waals surface area contributed by atoms with E-state index in [4.69, 9.17) is 25.8 Å². The largest absolute Gasteiger partial charge is 0.380 e. The molecule has 0 aliphatic heterocycles. The zero-order valence-corrected chi connectivity index (χ0v) is 23.6. The highest BCUT2D eigenvalue weighted by Crippen LogP contribution is 2.35. The van der Waals surface area contributed by atoms with Crippen LogP contribution in [0.5, 0.6) is 0 Å². The van der Waals surface area contributed by atoms with Crippen molar-refractivity contribution in [1.82, 2.24) is 9.62 Å². The molecule has 3 saturated carbocycles. The Morgan fingerprint density at radius 3 is 2.24 bits per heavy atom. The first kappa shape index (κ1) is 28.6. The van der Waals surface area contributed by atoms with Gasteiger partial charge < -0.3 is 19.5 Å². The molecule has 0 aromatic heterocycles. The second kappa shape index (κ2) is 13.0. The number of methoxy groups -OCH3 is 3. The summed E-state index contributed by atoms with van der Waals surface area (Å²) >= 11 is 10.2. The number of nitrogens with one attached hydrogen (secondary N) is 1. The summed E-state index contributed by atoms with van der Waals surface area (Å²) in [6.07, 6.45) is 6.57. The standard InChI is InChI=1S/C23H40BrClN2O6S/c1-31-20-10-8-15(25)12-19(20)27(14-23(28)26-18-7-5-4-6-17(18)24)34(29,30)16-9-11-21(32-2)22(13-16)33-3/h15-22H,4-14H2,1-3H3,(H,26,28). The molecule has 34 heavy (non-hydrogen) atoms. The number of halogens is 2. The van der Waals surface area contributed by atoms with Crippen molar-refractivity contribution < 1.29 is 27.4 Å². The van der Waals surface area contributed by atoms with Gasteiger partial charge in [0.15, 0.2) is 0 Å². The maximum atomic E-state index is 14.0. The fourth-order valence-electron chi connectivity index (χ4n) is 5.73. The Bertz CT molecular complexity index is 775. The molecule has 8 nitrogen and oxygen atoms in total. The first-order valence-corrected chi connectivity index (χ1v) is 15.2. The molecule has 3 fully saturated rings. The first-order valence-electron chi connectivity index (χ1n) is 12.4. The lowest BCUT2D eigenvalue weighted by Gasteiger charge is -2.43. The molecule has 0 bridgehead atoms. The summed E-state index contributed by atoms with van der Waals surface area (Å²) in [5.74, 6) is -0.277. The highest BCUT2D eigenvalue weighted by molar-refractivity contribution is 9.09. The summed E-state index contributed by atoms with van der Waals surface area (Å²) < 4.78 is 46.2. The van der Waals surface area contributed by atoms with Crippen LogP contribution in [-0.4, -0.2) is 92.4 Å². The van der Waals surface area contributed by atoms with Crippen LogP contribution in [0.15, 0.2) is 0 Å². The number of hydrogen-bond donors (Lipinski definition) is 1. The van der Waals surface area contributed by atoms with Crippen molar-refractivity contribution in [2.45, 2.75) is 110 Å². The fraction of sp³-hybridized carbons (Fsp3) is 0.957. The molecular formula is C23H40BrClN2O6S. The lowest BCUT2D eigenvalue weighted by Crippen LogP contribution is -2.58. The van der Waals surface area contributed by atoms with Crippen LogP contribution in [0.2, 0.25) is 0 Å². The van der Waals surface area contributed by atoms with Crippen molar-refractivity contribution in [3.05, 3.63) is 0 Å². The maximum Gasteiger partial charge on any atom is 0.235 e. The number of carbonyl (C=O) groups excluding carboxylic acids is 1. The van der Waals surface area contributed by atoms with Crippen molar-refractivity contribution in [2.24, 2.45) is 0 Å². The molecule has 0 aromatic carbocycles. The van der Waals surface area contributed by atoms with Gasteiger partial charge in [-0.1, -0.05) is 28.8 Å². The van der Waals surface area contributed by atoms with E-state index in [1.54, 1.807) is 21.3 Å². The monoisotopic (exact) mass is 586 g/mol. The van der Waals surface area contributed by atoms with Gasteiger partial charge in [-0.25, -0.2) is 8.42 Å². The predicted molar refractivity (Wildman–Crippen MR) is 136 cm³/mol. The van der Waals surface area contributed by atoms with Crippen LogP contribution in [-0.2, 0) is 29.0 Å². The van der Waals surface area contributed by atoms with E-state index >= 15 is 0 Å². The van der Waals surface area contributed by atoms with E-state index in [0.717, 1.165) is 32.1 Å². The highest BCUT2D eigenvalue weighted by atomic mass is 79.9. The van der Waals surface area contributed by atoms with Crippen molar-refractivity contribution in [3.8, 4) is 0 Å². The minimum Gasteiger partial charge on any atom is -0.380 e. The number of amides is 1. The highest BCUT2D eigenvalue weighted by Gasteiger charge is 2.46. The molecule has 3 aliphatic rings. The van der Waals surface area contributed by atoms with Gasteiger partial charge in [-0.2, -0.15) is 4.31 Å². The summed E-state index contributed by atoms with van der Waals surface area (Å²) in [4.78, 5) is 13.4. The number of rotatable bonds is 9. The molecule has 0 aromatic rings. The van der Waals surface area contributed by atoms with E-state index in [0.29, 0.717) is 32.1 Å². The van der Waals surface area contributed by atoms with Crippen molar-refractivity contribution in [3.63, 3.8) is 0 Å². The van der Waals surface area contributed by atoms with Crippen molar-refractivity contribution in [2.75, 3.05) is 27.9 Å². The van der Waals surface area contributed by atoms with Gasteiger partial charge in [0.05, 0.1) is 36.1 Å². The molecule has 11 heteroatoms. The third kappa shape index (κ3) is 6.86. The Labute approximate surface area is 217 Å². The number of nitrogens with zero attached hydrogens (tertiary/aromatic N) is 1. The summed E-state index contributed by atoms with van der Waals surface area (Å²) in [6.45, 7) is -0.228. The molecule has 198 valence electrons. The lowest BCUT2D eigenvalue weighted by atomic mass is 9.92. The minimum atomic E-state index is -3.83. The van der Waals surface area contributed by atoms with Crippen LogP contribution >= 0.6 is 27.5 Å². The van der Waals surface area contributed by atoms with E-state index in [1.807, 2.05) is 0 Å². The summed E-state index contributed by atoms with van der Waals surface area (Å²) in [5, 5.41) is 2.28. The molecule has 0 heterocycles. The number of hydrogen-bond acceptors (Lipinski definition) is 6. The Morgan fingerprint density at radius 2 is 1.59 bits per heavy atom. The molecule has 8 atom stereocenters. The molecule has 1 N–H and O–H groups in total. The lowest BCUT2D eigenvalue weighted by molar-refractivity contribution is -0.123. The molecule has 0 spiro atoms. The van der Waals surface area contributed by atoms with Crippen molar-refractivity contribution in [1.29, 1.82) is 0 Å². The van der Waals surface area contributed by atoms with E-state index in [9.17, 15) is 13.2 Å². The van der Waals surface area contributed by atoms with E-state index < -0.39 is 21.3 Å². The molecule has 8 unspecified atom stereocenters. The van der Waals surface area contributed by atoms with E-state index in [-0.39, 0.29) is 47.0 Å². The van der Waals surface area contributed by atoms with Gasteiger partial charge in [0, 0.05) is 37.6 Å². The van der Waals surface area contributed by atoms with Gasteiger partial charge in [0.1, 0.15) is 0 Å². The fourth-order valence-corrected chi connectivity index (χ4v) is 8.90. The normalized spacial score (nSPS) is 37.5. The summed E-state index contributed by atoms with van der Waals surface area (Å²) in [5.41, 5.74) is 0. The van der Waals surface area contributed by atoms with E-state index in [1.165, 1.54) is 4.31 Å². The summed E-state index contributed by atoms with van der Waals surface area (Å²) in [6, 6.07) is -0.476. The number of carbonyl (C=O) groups is 1. The molecular weight excluding hydrogens is 548 g/mol. The van der Waals surface area contributed by atoms with Gasteiger partial charge in [-0.3, -0.25) is 4.79 Å². The van der Waals surface area contributed by atoms with Crippen LogP contribution in [0.3, 0.4) is 0 Å². The molecule has 0 saturated heterocycles. The molecule has 1 amide bonds. The Hall–Kier alpha value is 0.0300. The Kier molecular flexibility index (Phi) is 10.9. The van der Waals surface area contributed by atoms with Crippen LogP contribution in [0, 0.1) is 0 Å². The van der Waals surface area contributed by atoms with Gasteiger partial charge in [-0.15, -0.1) is 11.6 Å². The number of alkyl halides is 2. The maximum absolute atomic E-state index is 14.0. The van der Waals surface area contributed by atoms with Crippen LogP contribution in [0.25, 0.3) is 0 Å². The molecule has 0 radical (unpaired) electrons. The third-order valence-corrected chi connectivity index (χ3v) is 11.5. The van der Waals surface area contributed by atoms with Crippen LogP contribution in [0.1, 0.15) is 64.2 Å². The minimum absolute atomic E-state index is 0.00571. The molecule has 3 aliphatic carbocycles. The third-order valence-electron chi connectivity index (χ3n) is 7.73. The Balaban J connectivity index is 1.83. The van der Waals surface area contributed by atoms with Gasteiger partial charge in [0.25, 0.3) is 0 Å². The average Bonchev–Trinajstić information content (AvgIpc) is 2.83. The quantitative estimate of drug-likeness (QED) is 0.417. The van der Waals surface area contributed by atoms with Crippen LogP contribution in [0.4, 0.5) is 0 Å². The zero-order chi connectivity index (χ0) is 24.9. The van der Waals surface area contributed by atoms with Gasteiger partial charge in [0.2, 0.25) is 15.9 Å². The van der Waals surface area contributed by atoms with Gasteiger partial charge >= 0.3 is 0 Å². The first-order chi connectivity index (χ1) is 16.2. The van der Waals surface area contributed by atoms with Crippen molar-refractivity contribution >= 4 is 43.5 Å². The Morgan fingerprint density at radius 1 is 0.941 bits per heavy atom. The SMILES string of the molecule is COC1CCC(S(=O)(=O)N(CC(=O)NC2CCCCC2Br)C2CC(Cl)CCC2OC)CC1OC.